The van der Waals surface area contributed by atoms with Gasteiger partial charge in [-0.05, 0) is 25.1 Å². The Balaban J connectivity index is 1.80. The molecule has 0 fully saturated rings. The normalized spacial score (nSPS) is 11.2. The van der Waals surface area contributed by atoms with Gasteiger partial charge in [0.25, 0.3) is 5.69 Å². The molecule has 0 aliphatic heterocycles. The van der Waals surface area contributed by atoms with Crippen LogP contribution in [0.5, 0.6) is 5.75 Å². The van der Waals surface area contributed by atoms with Crippen LogP contribution in [0.4, 0.5) is 24.5 Å². The number of hydrogen-bond acceptors (Lipinski definition) is 7. The number of amides is 1. The molecule has 0 unspecified atom stereocenters. The highest BCUT2D eigenvalue weighted by molar-refractivity contribution is 7.99. The van der Waals surface area contributed by atoms with E-state index < -0.39 is 22.7 Å². The number of alkyl halides is 3. The fraction of sp³-hybridized carbons (Fsp3) is 0.190. The van der Waals surface area contributed by atoms with Gasteiger partial charge in [-0.25, -0.2) is 9.97 Å². The summed E-state index contributed by atoms with van der Waals surface area (Å²) in [5.74, 6) is -0.807. The quantitative estimate of drug-likeness (QED) is 0.217. The zero-order chi connectivity index (χ0) is 24.2. The van der Waals surface area contributed by atoms with Crippen LogP contribution in [0.2, 0.25) is 0 Å². The van der Waals surface area contributed by atoms with Gasteiger partial charge in [-0.1, -0.05) is 41.6 Å². The molecule has 0 atom stereocenters. The molecule has 172 valence electrons. The number of benzene rings is 2. The topological polar surface area (TPSA) is 107 Å². The molecule has 33 heavy (non-hydrogen) atoms. The van der Waals surface area contributed by atoms with Crippen LogP contribution in [0.25, 0.3) is 11.3 Å². The van der Waals surface area contributed by atoms with Crippen molar-refractivity contribution in [1.29, 1.82) is 0 Å². The van der Waals surface area contributed by atoms with E-state index in [1.54, 1.807) is 24.3 Å². The second-order valence-corrected chi connectivity index (χ2v) is 7.70. The van der Waals surface area contributed by atoms with E-state index >= 15 is 0 Å². The number of methoxy groups -OCH3 is 1. The second kappa shape index (κ2) is 9.86. The number of aromatic nitrogens is 2. The van der Waals surface area contributed by atoms with Gasteiger partial charge in [-0.15, -0.1) is 0 Å². The van der Waals surface area contributed by atoms with E-state index in [1.807, 2.05) is 6.92 Å². The molecule has 3 aromatic rings. The van der Waals surface area contributed by atoms with Gasteiger partial charge < -0.3 is 10.1 Å². The van der Waals surface area contributed by atoms with Gasteiger partial charge in [0.2, 0.25) is 5.91 Å². The van der Waals surface area contributed by atoms with Crippen molar-refractivity contribution in [3.05, 3.63) is 69.9 Å². The van der Waals surface area contributed by atoms with Gasteiger partial charge in [0.1, 0.15) is 17.1 Å². The van der Waals surface area contributed by atoms with Crippen molar-refractivity contribution in [2.75, 3.05) is 18.2 Å². The molecule has 8 nitrogen and oxygen atoms in total. The Morgan fingerprint density at radius 1 is 1.15 bits per heavy atom. The third kappa shape index (κ3) is 6.19. The van der Waals surface area contributed by atoms with E-state index in [-0.39, 0.29) is 33.7 Å². The number of nitrogens with one attached hydrogen (secondary N) is 1. The minimum Gasteiger partial charge on any atom is -0.496 e. The van der Waals surface area contributed by atoms with Gasteiger partial charge in [0.15, 0.2) is 5.16 Å². The molecule has 0 saturated carbocycles. The Morgan fingerprint density at radius 2 is 1.85 bits per heavy atom. The molecular weight excluding hydrogens is 461 g/mol. The highest BCUT2D eigenvalue weighted by atomic mass is 32.2. The number of thioether (sulfide) groups is 1. The number of nitrogens with zero attached hydrogens (tertiary/aromatic N) is 3. The lowest BCUT2D eigenvalue weighted by atomic mass is 10.1. The molecule has 1 N–H and O–H groups in total. The second-order valence-electron chi connectivity index (χ2n) is 6.76. The molecular formula is C21H17F3N4O4S. The van der Waals surface area contributed by atoms with E-state index in [0.717, 1.165) is 17.7 Å². The van der Waals surface area contributed by atoms with Crippen LogP contribution >= 0.6 is 11.8 Å². The number of anilines is 1. The molecule has 0 aliphatic rings. The molecule has 0 spiro atoms. The molecule has 0 bridgehead atoms. The first-order valence-corrected chi connectivity index (χ1v) is 10.3. The van der Waals surface area contributed by atoms with Crippen LogP contribution in [0, 0.1) is 17.0 Å². The standard InChI is InChI=1S/C21H17F3N4O4S/c1-12-3-5-13(6-4-12)16-10-18(21(22,23)24)27-20(26-16)33-11-19(29)25-15-8-7-14(32-2)9-17(15)28(30)31/h3-10H,11H2,1-2H3,(H,25,29). The third-order valence-corrected chi connectivity index (χ3v) is 5.20. The number of rotatable bonds is 7. The smallest absolute Gasteiger partial charge is 0.433 e. The van der Waals surface area contributed by atoms with Crippen molar-refractivity contribution in [1.82, 2.24) is 9.97 Å². The molecule has 1 amide bonds. The first-order chi connectivity index (χ1) is 15.6. The molecule has 0 saturated heterocycles. The van der Waals surface area contributed by atoms with Crippen LogP contribution in [0.3, 0.4) is 0 Å². The number of nitro benzene ring substituents is 1. The van der Waals surface area contributed by atoms with Crippen LogP contribution in [0.1, 0.15) is 11.3 Å². The number of ether oxygens (including phenoxy) is 1. The summed E-state index contributed by atoms with van der Waals surface area (Å²) in [6.45, 7) is 1.85. The number of aryl methyl sites for hydroxylation is 1. The summed E-state index contributed by atoms with van der Waals surface area (Å²) < 4.78 is 45.0. The first-order valence-electron chi connectivity index (χ1n) is 9.35. The molecule has 2 aromatic carbocycles. The monoisotopic (exact) mass is 478 g/mol. The van der Waals surface area contributed by atoms with Crippen LogP contribution < -0.4 is 10.1 Å². The summed E-state index contributed by atoms with van der Waals surface area (Å²) in [4.78, 5) is 30.5. The Kier molecular flexibility index (Phi) is 7.16. The molecule has 3 rings (SSSR count). The Hall–Kier alpha value is -3.67. The molecule has 1 aromatic heterocycles. The lowest BCUT2D eigenvalue weighted by molar-refractivity contribution is -0.384. The summed E-state index contributed by atoms with van der Waals surface area (Å²) in [6, 6.07) is 11.5. The van der Waals surface area contributed by atoms with Crippen LogP contribution in [0.15, 0.2) is 53.7 Å². The molecule has 1 heterocycles. The predicted molar refractivity (Wildman–Crippen MR) is 116 cm³/mol. The van der Waals surface area contributed by atoms with Crippen LogP contribution in [-0.4, -0.2) is 33.7 Å². The highest BCUT2D eigenvalue weighted by Gasteiger charge is 2.34. The first kappa shape index (κ1) is 24.0. The van der Waals surface area contributed by atoms with Gasteiger partial charge in [0.05, 0.1) is 29.5 Å². The SMILES string of the molecule is COc1ccc(NC(=O)CSc2nc(-c3ccc(C)cc3)cc(C(F)(F)F)n2)c([N+](=O)[O-])c1. The van der Waals surface area contributed by atoms with E-state index in [4.69, 9.17) is 4.74 Å². The van der Waals surface area contributed by atoms with Crippen molar-refractivity contribution in [2.24, 2.45) is 0 Å². The summed E-state index contributed by atoms with van der Waals surface area (Å²) in [6.07, 6.45) is -4.70. The largest absolute Gasteiger partial charge is 0.496 e. The van der Waals surface area contributed by atoms with E-state index in [2.05, 4.69) is 15.3 Å². The maximum absolute atomic E-state index is 13.3. The lowest BCUT2D eigenvalue weighted by Gasteiger charge is -2.11. The third-order valence-electron chi connectivity index (χ3n) is 4.35. The number of halogens is 3. The fourth-order valence-electron chi connectivity index (χ4n) is 2.72. The molecule has 12 heteroatoms. The minimum atomic E-state index is -4.70. The van der Waals surface area contributed by atoms with Crippen molar-refractivity contribution < 1.29 is 27.6 Å². The lowest BCUT2D eigenvalue weighted by Crippen LogP contribution is -2.16. The summed E-state index contributed by atoms with van der Waals surface area (Å²) >= 11 is 0.683. The highest BCUT2D eigenvalue weighted by Crippen LogP contribution is 2.33. The summed E-state index contributed by atoms with van der Waals surface area (Å²) in [5.41, 5.74) is -0.134. The predicted octanol–water partition coefficient (Wildman–Crippen LogP) is 5.12. The summed E-state index contributed by atoms with van der Waals surface area (Å²) in [7, 11) is 1.34. The van der Waals surface area contributed by atoms with Crippen molar-refractivity contribution in [3.63, 3.8) is 0 Å². The van der Waals surface area contributed by atoms with Gasteiger partial charge in [-0.2, -0.15) is 13.2 Å². The zero-order valence-corrected chi connectivity index (χ0v) is 18.2. The van der Waals surface area contributed by atoms with Crippen molar-refractivity contribution in [2.45, 2.75) is 18.3 Å². The maximum atomic E-state index is 13.3. The number of nitro groups is 1. The number of carbonyl (C=O) groups excluding carboxylic acids is 1. The summed E-state index contributed by atoms with van der Waals surface area (Å²) in [5, 5.41) is 13.4. The maximum Gasteiger partial charge on any atom is 0.433 e. The van der Waals surface area contributed by atoms with E-state index in [9.17, 15) is 28.1 Å². The average Bonchev–Trinajstić information content (AvgIpc) is 2.77. The Morgan fingerprint density at radius 3 is 2.45 bits per heavy atom. The average molecular weight is 478 g/mol. The number of hydrogen-bond donors (Lipinski definition) is 1. The van der Waals surface area contributed by atoms with Gasteiger partial charge in [0, 0.05) is 5.56 Å². The van der Waals surface area contributed by atoms with Crippen molar-refractivity contribution in [3.8, 4) is 17.0 Å². The molecule has 0 radical (unpaired) electrons. The molecule has 0 aliphatic carbocycles. The number of carbonyl (C=O) groups is 1. The minimum absolute atomic E-state index is 0.0611. The Labute approximate surface area is 190 Å². The van der Waals surface area contributed by atoms with Crippen LogP contribution in [-0.2, 0) is 11.0 Å². The van der Waals surface area contributed by atoms with Gasteiger partial charge >= 0.3 is 6.18 Å². The van der Waals surface area contributed by atoms with Gasteiger partial charge in [-0.3, -0.25) is 14.9 Å². The van der Waals surface area contributed by atoms with E-state index in [1.165, 1.54) is 19.2 Å². The Bertz CT molecular complexity index is 1190. The van der Waals surface area contributed by atoms with E-state index in [0.29, 0.717) is 17.3 Å². The zero-order valence-electron chi connectivity index (χ0n) is 17.3. The fourth-order valence-corrected chi connectivity index (χ4v) is 3.38. The van der Waals surface area contributed by atoms with Crippen molar-refractivity contribution >= 4 is 29.0 Å².